The zero-order valence-electron chi connectivity index (χ0n) is 17.3. The molecular weight excluding hydrogens is 411 g/mol. The van der Waals surface area contributed by atoms with E-state index >= 15 is 0 Å². The van der Waals surface area contributed by atoms with Crippen LogP contribution in [0.5, 0.6) is 0 Å². The molecule has 1 fully saturated rings. The minimum atomic E-state index is -4.66. The summed E-state index contributed by atoms with van der Waals surface area (Å²) in [5.41, 5.74) is -0.968. The van der Waals surface area contributed by atoms with E-state index in [1.54, 1.807) is 4.90 Å². The molecule has 0 aliphatic heterocycles. The first-order chi connectivity index (χ1) is 14.8. The summed E-state index contributed by atoms with van der Waals surface area (Å²) in [7, 11) is 0. The molecule has 1 heterocycles. The first-order valence-electron chi connectivity index (χ1n) is 10.4. The Morgan fingerprint density at radius 3 is 2.52 bits per heavy atom. The Morgan fingerprint density at radius 2 is 1.90 bits per heavy atom. The second kappa shape index (κ2) is 9.89. The second-order valence-corrected chi connectivity index (χ2v) is 7.55. The monoisotopic (exact) mass is 437 g/mol. The van der Waals surface area contributed by atoms with E-state index in [1.165, 1.54) is 30.7 Å². The maximum atomic E-state index is 13.6. The highest BCUT2D eigenvalue weighted by molar-refractivity contribution is 6.04. The van der Waals surface area contributed by atoms with E-state index in [0.29, 0.717) is 6.54 Å². The van der Waals surface area contributed by atoms with Gasteiger partial charge in [0, 0.05) is 24.0 Å². The highest BCUT2D eigenvalue weighted by Gasteiger charge is 2.34. The van der Waals surface area contributed by atoms with Crippen LogP contribution in [-0.2, 0) is 11.0 Å². The van der Waals surface area contributed by atoms with Gasteiger partial charge < -0.3 is 20.0 Å². The van der Waals surface area contributed by atoms with Crippen molar-refractivity contribution in [1.29, 1.82) is 0 Å². The number of halogens is 3. The van der Waals surface area contributed by atoms with Gasteiger partial charge in [-0.05, 0) is 44.0 Å². The number of carbonyl (C=O) groups excluding carboxylic acids is 2. The van der Waals surface area contributed by atoms with Gasteiger partial charge in [0.1, 0.15) is 6.26 Å². The predicted molar refractivity (Wildman–Crippen MR) is 111 cm³/mol. The Labute approximate surface area is 178 Å². The van der Waals surface area contributed by atoms with Crippen molar-refractivity contribution in [2.24, 2.45) is 0 Å². The standard InChI is InChI=1S/C22H26F3N3O3/c1-2-28(17-6-4-3-5-7-17)20(29)13-26-19-9-8-16(12-18(19)22(23,24)25)27-21(30)15-10-11-31-14-15/h8-12,14,17,26H,2-7,13H2,1H3,(H,27,30). The van der Waals surface area contributed by atoms with E-state index in [1.807, 2.05) is 6.92 Å². The molecule has 168 valence electrons. The number of rotatable bonds is 7. The van der Waals surface area contributed by atoms with Crippen LogP contribution in [0.2, 0.25) is 0 Å². The van der Waals surface area contributed by atoms with E-state index in [9.17, 15) is 22.8 Å². The highest BCUT2D eigenvalue weighted by Crippen LogP contribution is 2.36. The Hall–Kier alpha value is -2.97. The quantitative estimate of drug-likeness (QED) is 0.629. The minimum absolute atomic E-state index is 0.00667. The second-order valence-electron chi connectivity index (χ2n) is 7.55. The Kier molecular flexibility index (Phi) is 7.25. The molecule has 2 amide bonds. The van der Waals surface area contributed by atoms with Crippen LogP contribution < -0.4 is 10.6 Å². The third-order valence-electron chi connectivity index (χ3n) is 5.47. The molecule has 3 rings (SSSR count). The lowest BCUT2D eigenvalue weighted by atomic mass is 9.94. The van der Waals surface area contributed by atoms with Gasteiger partial charge in [0.25, 0.3) is 5.91 Å². The van der Waals surface area contributed by atoms with Crippen molar-refractivity contribution in [1.82, 2.24) is 4.90 Å². The van der Waals surface area contributed by atoms with Crippen LogP contribution in [0.3, 0.4) is 0 Å². The van der Waals surface area contributed by atoms with E-state index in [0.717, 1.165) is 38.2 Å². The molecule has 1 aliphatic rings. The normalized spacial score (nSPS) is 14.8. The van der Waals surface area contributed by atoms with Crippen molar-refractivity contribution >= 4 is 23.2 Å². The summed E-state index contributed by atoms with van der Waals surface area (Å²) in [5, 5.41) is 5.06. The molecule has 0 saturated heterocycles. The van der Waals surface area contributed by atoms with Gasteiger partial charge in [0.15, 0.2) is 0 Å². The highest BCUT2D eigenvalue weighted by atomic mass is 19.4. The average molecular weight is 437 g/mol. The van der Waals surface area contributed by atoms with Crippen molar-refractivity contribution in [2.45, 2.75) is 51.2 Å². The summed E-state index contributed by atoms with van der Waals surface area (Å²) >= 11 is 0. The minimum Gasteiger partial charge on any atom is -0.472 e. The molecule has 1 aromatic carbocycles. The summed E-state index contributed by atoms with van der Waals surface area (Å²) in [6.07, 6.45) is 2.98. The Balaban J connectivity index is 1.71. The largest absolute Gasteiger partial charge is 0.472 e. The van der Waals surface area contributed by atoms with Crippen molar-refractivity contribution in [3.8, 4) is 0 Å². The number of amides is 2. The van der Waals surface area contributed by atoms with Crippen LogP contribution in [0.1, 0.15) is 54.9 Å². The molecule has 31 heavy (non-hydrogen) atoms. The van der Waals surface area contributed by atoms with Crippen LogP contribution in [-0.4, -0.2) is 35.8 Å². The molecule has 6 nitrogen and oxygen atoms in total. The fourth-order valence-electron chi connectivity index (χ4n) is 3.91. The van der Waals surface area contributed by atoms with E-state index in [4.69, 9.17) is 4.42 Å². The maximum absolute atomic E-state index is 13.6. The fourth-order valence-corrected chi connectivity index (χ4v) is 3.91. The lowest BCUT2D eigenvalue weighted by molar-refractivity contribution is -0.137. The van der Waals surface area contributed by atoms with Crippen molar-refractivity contribution in [2.75, 3.05) is 23.7 Å². The molecule has 0 radical (unpaired) electrons. The average Bonchev–Trinajstić information content (AvgIpc) is 3.28. The summed E-state index contributed by atoms with van der Waals surface area (Å²) < 4.78 is 45.7. The lowest BCUT2D eigenvalue weighted by Gasteiger charge is -2.33. The summed E-state index contributed by atoms with van der Waals surface area (Å²) in [5.74, 6) is -0.802. The summed E-state index contributed by atoms with van der Waals surface area (Å²) in [6.45, 7) is 2.18. The number of carbonyl (C=O) groups is 2. The zero-order valence-corrected chi connectivity index (χ0v) is 17.3. The molecule has 2 N–H and O–H groups in total. The van der Waals surface area contributed by atoms with Gasteiger partial charge in [-0.25, -0.2) is 0 Å². The van der Waals surface area contributed by atoms with Crippen LogP contribution in [0.4, 0.5) is 24.5 Å². The first-order valence-corrected chi connectivity index (χ1v) is 10.4. The fraction of sp³-hybridized carbons (Fsp3) is 0.455. The number of alkyl halides is 3. The van der Waals surface area contributed by atoms with E-state index in [2.05, 4.69) is 10.6 Å². The Morgan fingerprint density at radius 1 is 1.16 bits per heavy atom. The smallest absolute Gasteiger partial charge is 0.418 e. The molecule has 1 aliphatic carbocycles. The van der Waals surface area contributed by atoms with Gasteiger partial charge in [-0.1, -0.05) is 19.3 Å². The van der Waals surface area contributed by atoms with Gasteiger partial charge in [0.2, 0.25) is 5.91 Å². The number of hydrogen-bond acceptors (Lipinski definition) is 4. The number of nitrogens with zero attached hydrogens (tertiary/aromatic N) is 1. The Bertz CT molecular complexity index is 891. The topological polar surface area (TPSA) is 74.6 Å². The van der Waals surface area contributed by atoms with Gasteiger partial charge in [-0.3, -0.25) is 9.59 Å². The molecular formula is C22H26F3N3O3. The SMILES string of the molecule is CCN(C(=O)CNc1ccc(NC(=O)c2ccoc2)cc1C(F)(F)F)C1CCCCC1. The van der Waals surface area contributed by atoms with Gasteiger partial charge in [0.05, 0.1) is 23.9 Å². The molecule has 1 aromatic heterocycles. The number of likely N-dealkylation sites (N-methyl/N-ethyl adjacent to an activating group) is 1. The molecule has 9 heteroatoms. The van der Waals surface area contributed by atoms with Crippen LogP contribution >= 0.6 is 0 Å². The van der Waals surface area contributed by atoms with E-state index < -0.39 is 17.6 Å². The zero-order chi connectivity index (χ0) is 22.4. The molecule has 0 spiro atoms. The summed E-state index contributed by atoms with van der Waals surface area (Å²) in [4.78, 5) is 26.5. The van der Waals surface area contributed by atoms with Crippen LogP contribution in [0, 0.1) is 0 Å². The number of nitrogens with one attached hydrogen (secondary N) is 2. The first kappa shape index (κ1) is 22.7. The van der Waals surface area contributed by atoms with Gasteiger partial charge >= 0.3 is 6.18 Å². The summed E-state index contributed by atoms with van der Waals surface area (Å²) in [6, 6.07) is 4.99. The molecule has 0 atom stereocenters. The van der Waals surface area contributed by atoms with Gasteiger partial charge in [-0.15, -0.1) is 0 Å². The number of benzene rings is 1. The third-order valence-corrected chi connectivity index (χ3v) is 5.47. The van der Waals surface area contributed by atoms with Crippen molar-refractivity contribution in [3.05, 3.63) is 47.9 Å². The van der Waals surface area contributed by atoms with Crippen molar-refractivity contribution in [3.63, 3.8) is 0 Å². The third kappa shape index (κ3) is 5.80. The maximum Gasteiger partial charge on any atom is 0.418 e. The van der Waals surface area contributed by atoms with Crippen LogP contribution in [0.25, 0.3) is 0 Å². The molecule has 0 bridgehead atoms. The molecule has 0 unspecified atom stereocenters. The van der Waals surface area contributed by atoms with Crippen molar-refractivity contribution < 1.29 is 27.2 Å². The molecule has 1 saturated carbocycles. The lowest BCUT2D eigenvalue weighted by Crippen LogP contribution is -2.44. The van der Waals surface area contributed by atoms with Crippen LogP contribution in [0.15, 0.2) is 41.2 Å². The number of furan rings is 1. The van der Waals surface area contributed by atoms with Gasteiger partial charge in [-0.2, -0.15) is 13.2 Å². The number of anilines is 2. The number of hydrogen-bond donors (Lipinski definition) is 2. The predicted octanol–water partition coefficient (Wildman–Crippen LogP) is 5.14. The van der Waals surface area contributed by atoms with E-state index in [-0.39, 0.29) is 35.4 Å². The molecule has 2 aromatic rings.